The van der Waals surface area contributed by atoms with Gasteiger partial charge in [0.2, 0.25) is 0 Å². The van der Waals surface area contributed by atoms with Gasteiger partial charge in [0.25, 0.3) is 0 Å². The smallest absolute Gasteiger partial charge is 0.865 e. The molecule has 11 N–H and O–H groups in total. The van der Waals surface area contributed by atoms with E-state index in [-0.39, 0.29) is 77.2 Å². The van der Waals surface area contributed by atoms with Gasteiger partial charge < -0.3 is 67.0 Å². The summed E-state index contributed by atoms with van der Waals surface area (Å²) in [7, 11) is 0. The summed E-state index contributed by atoms with van der Waals surface area (Å²) in [6.07, 6.45) is 12.1. The third kappa shape index (κ3) is 20.3. The summed E-state index contributed by atoms with van der Waals surface area (Å²) in [6, 6.07) is 13.0. The normalized spacial score (nSPS) is 16.3. The number of terminal acetylenes is 1. The number of aromatic nitrogens is 5. The second-order valence-electron chi connectivity index (χ2n) is 17.5. The number of nitrogens with two attached hydrogens (primary N) is 2. The summed E-state index contributed by atoms with van der Waals surface area (Å²) >= 11 is 12.6. The summed E-state index contributed by atoms with van der Waals surface area (Å²) in [4.78, 5) is 55.8. The van der Waals surface area contributed by atoms with E-state index in [1.165, 1.54) is 24.3 Å². The summed E-state index contributed by atoms with van der Waals surface area (Å²) < 4.78 is 44.5. The Bertz CT molecular complexity index is 3330. The number of aryl methyl sites for hydroxylation is 1. The maximum absolute atomic E-state index is 13.8. The summed E-state index contributed by atoms with van der Waals surface area (Å²) in [5.41, 5.74) is 22.4. The Morgan fingerprint density at radius 1 is 0.847 bits per heavy atom. The number of azide groups is 1. The van der Waals surface area contributed by atoms with E-state index < -0.39 is 84.8 Å². The monoisotopic (exact) mass is 1220 g/mol. The molecular formula is C54H57Cl2F2N14NaO12. The van der Waals surface area contributed by atoms with Gasteiger partial charge in [-0.25, -0.2) is 13.6 Å². The molecule has 0 saturated carbocycles. The standard InChI is InChI=1S/C24H25ClFN7O3.C21H17ClFN3O3.C6H8O6.C3H8N4.Na/c25-19-10-16(26)2-3-18(19)23-22(21(35)12-34)20(29-24(30-23)15-4-7-28-8-5-15)14-36-13-17-11-33(32-31-17)9-1-6-27;1-2-9-29-12-17-19(18(28)11-27)20(15-4-3-14(23)10-16(15)22)26-21(25-17)13-5-7-24-8-6-13;7-1-2(8)5-3(9)4(10)6(11)12-5;4-2-1-3-6-7-5;/h2-5,7-8,10-11,23,34H,1,6,9,12-14,27H2,(H,29,30);1,3-8,10,20,27H,9,11-12H2,(H,25,26);2,5,7-10H,1H2;1-4H2;/q;;;;+1/p-1/t;;2-,5+;;/m..0../s1. The Morgan fingerprint density at radius 2 is 1.35 bits per heavy atom. The van der Waals surface area contributed by atoms with Gasteiger partial charge in [0.1, 0.15) is 72.8 Å². The van der Waals surface area contributed by atoms with Crippen molar-refractivity contribution in [3.05, 3.63) is 186 Å². The first-order chi connectivity index (χ1) is 40.5. The molecule has 0 radical (unpaired) electrons. The molecule has 0 aliphatic carbocycles. The van der Waals surface area contributed by atoms with Crippen molar-refractivity contribution in [1.82, 2.24) is 35.6 Å². The van der Waals surface area contributed by atoms with Crippen molar-refractivity contribution >= 4 is 52.4 Å². The molecule has 31 heteroatoms. The number of hydrogen-bond donors (Lipinski definition) is 9. The molecule has 2 aromatic carbocycles. The fourth-order valence-electron chi connectivity index (χ4n) is 7.71. The minimum absolute atomic E-state index is 0. The molecule has 5 aromatic rings. The number of aliphatic imine (C=N–C) groups is 2. The third-order valence-corrected chi connectivity index (χ3v) is 12.3. The van der Waals surface area contributed by atoms with Crippen LogP contribution in [0, 0.1) is 24.0 Å². The molecule has 6 heterocycles. The van der Waals surface area contributed by atoms with Crippen molar-refractivity contribution in [2.45, 2.75) is 50.3 Å². The number of pyridine rings is 2. The van der Waals surface area contributed by atoms with Gasteiger partial charge in [-0.3, -0.25) is 34.2 Å². The predicted octanol–water partition coefficient (Wildman–Crippen LogP) is -0.587. The maximum Gasteiger partial charge on any atom is 1.00 e. The Hall–Kier alpha value is -7.56. The van der Waals surface area contributed by atoms with Crippen LogP contribution in [0.15, 0.2) is 141 Å². The van der Waals surface area contributed by atoms with Crippen LogP contribution in [0.25, 0.3) is 10.4 Å². The van der Waals surface area contributed by atoms with Gasteiger partial charge in [0, 0.05) is 92.0 Å². The number of ether oxygens (including phenoxy) is 3. The van der Waals surface area contributed by atoms with Crippen LogP contribution in [-0.2, 0) is 41.7 Å². The Balaban J connectivity index is 0.000000280. The van der Waals surface area contributed by atoms with Gasteiger partial charge in [-0.15, -0.1) is 11.5 Å². The van der Waals surface area contributed by atoms with E-state index in [4.69, 9.17) is 76.4 Å². The largest absolute Gasteiger partial charge is 1.00 e. The van der Waals surface area contributed by atoms with E-state index in [1.807, 2.05) is 0 Å². The van der Waals surface area contributed by atoms with Gasteiger partial charge in [-0.05, 0) is 80.0 Å². The molecule has 3 aliphatic rings. The molecule has 4 atom stereocenters. The van der Waals surface area contributed by atoms with E-state index >= 15 is 0 Å². The van der Waals surface area contributed by atoms with E-state index in [0.717, 1.165) is 25.0 Å². The van der Waals surface area contributed by atoms with Gasteiger partial charge >= 0.3 is 35.5 Å². The summed E-state index contributed by atoms with van der Waals surface area (Å²) in [5, 5.41) is 73.8. The SMILES string of the molecule is C#CCOCC1=C(C(=O)CO)C(c2ccc(F)cc2Cl)N=C(c2ccncc2)N1.NCCCn1cc(COCC2=C(C(=O)CO)C(c3ccc(F)cc3Cl)N=C(c3ccncc3)N2)nn1.O=C1O[C@H]([C@@H](O)CO)C(O)=C1[O-].[N-]=[N+]=NCCCN.[Na+]. The molecular weight excluding hydrogens is 1170 g/mol. The van der Waals surface area contributed by atoms with Crippen LogP contribution >= 0.6 is 23.2 Å². The fraction of sp³-hybridized carbons (Fsp3) is 0.315. The average molecular weight is 1230 g/mol. The minimum atomic E-state index is -1.46. The van der Waals surface area contributed by atoms with Crippen molar-refractivity contribution in [2.24, 2.45) is 26.6 Å². The van der Waals surface area contributed by atoms with Crippen LogP contribution in [0.3, 0.4) is 0 Å². The molecule has 0 fully saturated rings. The summed E-state index contributed by atoms with van der Waals surface area (Å²) in [6.45, 7) is 0.289. The fourth-order valence-corrected chi connectivity index (χ4v) is 8.25. The van der Waals surface area contributed by atoms with Crippen molar-refractivity contribution in [1.29, 1.82) is 0 Å². The first kappa shape index (κ1) is 69.9. The van der Waals surface area contributed by atoms with Crippen LogP contribution in [0.2, 0.25) is 10.0 Å². The number of esters is 1. The molecule has 85 heavy (non-hydrogen) atoms. The third-order valence-electron chi connectivity index (χ3n) is 11.7. The summed E-state index contributed by atoms with van der Waals surface area (Å²) in [5.74, 6) is -2.14. The number of ketones is 2. The molecule has 0 amide bonds. The number of benzene rings is 2. The predicted molar refractivity (Wildman–Crippen MR) is 298 cm³/mol. The van der Waals surface area contributed by atoms with Gasteiger partial charge in [0.05, 0.1) is 44.0 Å². The number of Topliss-reactive ketones (excluding diaryl/α,β-unsaturated/α-hetero) is 2. The molecule has 0 spiro atoms. The molecule has 26 nitrogen and oxygen atoms in total. The van der Waals surface area contributed by atoms with E-state index in [9.17, 15) is 38.5 Å². The van der Waals surface area contributed by atoms with Crippen molar-refractivity contribution in [3.8, 4) is 12.3 Å². The molecule has 8 rings (SSSR count). The molecule has 0 bridgehead atoms. The topological polar surface area (TPSA) is 409 Å². The zero-order chi connectivity index (χ0) is 61.1. The number of aliphatic hydroxyl groups excluding tert-OH is 5. The van der Waals surface area contributed by atoms with Crippen LogP contribution in [0.4, 0.5) is 8.78 Å². The first-order valence-electron chi connectivity index (χ1n) is 25.2. The van der Waals surface area contributed by atoms with E-state index in [1.54, 1.807) is 59.9 Å². The van der Waals surface area contributed by atoms with E-state index in [0.29, 0.717) is 77.2 Å². The molecule has 3 aliphatic heterocycles. The zero-order valence-corrected chi connectivity index (χ0v) is 49.0. The molecule has 3 aromatic heterocycles. The first-order valence-corrected chi connectivity index (χ1v) is 25.9. The number of carbonyl (C=O) groups excluding carboxylic acids is 3. The number of hydrogen-bond acceptors (Lipinski definition) is 23. The average Bonchev–Trinajstić information content (AvgIpc) is 2.17. The maximum atomic E-state index is 13.8. The van der Waals surface area contributed by atoms with Crippen LogP contribution in [0.1, 0.15) is 52.9 Å². The Kier molecular flexibility index (Phi) is 29.9. The zero-order valence-electron chi connectivity index (χ0n) is 45.5. The van der Waals surface area contributed by atoms with Crippen molar-refractivity contribution in [3.63, 3.8) is 0 Å². The molecule has 0 saturated heterocycles. The van der Waals surface area contributed by atoms with E-state index in [2.05, 4.69) is 56.6 Å². The van der Waals surface area contributed by atoms with Crippen LogP contribution < -0.4 is 56.8 Å². The Labute approximate surface area is 516 Å². The molecule has 444 valence electrons. The van der Waals surface area contributed by atoms with Crippen LogP contribution in [-0.4, -0.2) is 151 Å². The number of cyclic esters (lactones) is 1. The van der Waals surface area contributed by atoms with Gasteiger partial charge in [-0.2, -0.15) is 0 Å². The quantitative estimate of drug-likeness (QED) is 0.00751. The second-order valence-corrected chi connectivity index (χ2v) is 18.3. The number of nitrogens with one attached hydrogen (secondary N) is 2. The number of carbonyl (C=O) groups is 3. The number of halogens is 4. The number of amidine groups is 2. The number of nitrogens with zero attached hydrogens (tertiary/aromatic N) is 10. The van der Waals surface area contributed by atoms with Gasteiger partial charge in [-0.1, -0.05) is 51.6 Å². The second kappa shape index (κ2) is 36.3. The number of rotatable bonds is 23. The van der Waals surface area contributed by atoms with Gasteiger partial charge in [0.15, 0.2) is 17.7 Å². The Morgan fingerprint density at radius 3 is 1.78 bits per heavy atom. The molecule has 2 unspecified atom stereocenters. The number of aliphatic hydroxyl groups is 5. The van der Waals surface area contributed by atoms with Crippen molar-refractivity contribution in [2.75, 3.05) is 59.3 Å². The van der Waals surface area contributed by atoms with Crippen LogP contribution in [0.5, 0.6) is 0 Å². The minimum Gasteiger partial charge on any atom is -0.865 e. The van der Waals surface area contributed by atoms with Crippen molar-refractivity contribution < 1.29 is 97.6 Å².